The van der Waals surface area contributed by atoms with Crippen LogP contribution < -0.4 is 5.32 Å². The van der Waals surface area contributed by atoms with Crippen LogP contribution in [0.1, 0.15) is 21.8 Å². The van der Waals surface area contributed by atoms with E-state index in [2.05, 4.69) is 10.3 Å². The molecule has 0 spiro atoms. The van der Waals surface area contributed by atoms with Gasteiger partial charge in [0.1, 0.15) is 15.9 Å². The molecule has 0 saturated heterocycles. The second kappa shape index (κ2) is 8.50. The summed E-state index contributed by atoms with van der Waals surface area (Å²) in [5, 5.41) is 13.1. The van der Waals surface area contributed by atoms with E-state index in [0.29, 0.717) is 32.8 Å². The van der Waals surface area contributed by atoms with Gasteiger partial charge in [0.25, 0.3) is 5.91 Å². The molecule has 0 aliphatic carbocycles. The van der Waals surface area contributed by atoms with E-state index in [9.17, 15) is 14.7 Å². The molecule has 1 heterocycles. The van der Waals surface area contributed by atoms with E-state index in [-0.39, 0.29) is 0 Å². The van der Waals surface area contributed by atoms with Gasteiger partial charge >= 0.3 is 5.97 Å². The Balaban J connectivity index is 2.17. The zero-order valence-corrected chi connectivity index (χ0v) is 15.6. The minimum absolute atomic E-state index is 0.379. The first-order valence-electron chi connectivity index (χ1n) is 7.18. The van der Waals surface area contributed by atoms with Crippen molar-refractivity contribution < 1.29 is 14.7 Å². The van der Waals surface area contributed by atoms with Crippen LogP contribution in [-0.2, 0) is 4.79 Å². The van der Waals surface area contributed by atoms with Crippen molar-refractivity contribution in [3.05, 3.63) is 39.9 Å². The molecule has 128 valence electrons. The zero-order valence-electron chi connectivity index (χ0n) is 13.2. The fourth-order valence-corrected chi connectivity index (χ4v) is 3.61. The van der Waals surface area contributed by atoms with E-state index in [1.54, 1.807) is 30.8 Å². The molecule has 0 radical (unpaired) electrons. The van der Waals surface area contributed by atoms with Crippen molar-refractivity contribution in [2.75, 3.05) is 12.0 Å². The molecule has 8 heteroatoms. The smallest absolute Gasteiger partial charge is 0.326 e. The molecule has 0 aliphatic rings. The van der Waals surface area contributed by atoms with Crippen molar-refractivity contribution in [1.29, 1.82) is 0 Å². The van der Waals surface area contributed by atoms with Crippen molar-refractivity contribution in [2.45, 2.75) is 19.4 Å². The van der Waals surface area contributed by atoms with Crippen molar-refractivity contribution >= 4 is 46.6 Å². The predicted molar refractivity (Wildman–Crippen MR) is 99.2 cm³/mol. The first-order valence-corrected chi connectivity index (χ1v) is 9.77. The lowest BCUT2D eigenvalue weighted by molar-refractivity contribution is -0.139. The molecule has 2 rings (SSSR count). The van der Waals surface area contributed by atoms with E-state index < -0.39 is 17.9 Å². The monoisotopic (exact) mass is 384 g/mol. The third kappa shape index (κ3) is 4.72. The van der Waals surface area contributed by atoms with Crippen molar-refractivity contribution in [3.63, 3.8) is 0 Å². The average molecular weight is 385 g/mol. The van der Waals surface area contributed by atoms with Crippen LogP contribution in [0.5, 0.6) is 0 Å². The third-order valence-corrected chi connectivity index (χ3v) is 5.41. The van der Waals surface area contributed by atoms with Crippen molar-refractivity contribution in [3.8, 4) is 10.6 Å². The van der Waals surface area contributed by atoms with Crippen LogP contribution in [0.25, 0.3) is 10.6 Å². The number of rotatable bonds is 7. The third-order valence-electron chi connectivity index (χ3n) is 3.31. The fourth-order valence-electron chi connectivity index (χ4n) is 2.04. The van der Waals surface area contributed by atoms with Crippen LogP contribution >= 0.6 is 34.7 Å². The molecule has 0 aliphatic heterocycles. The lowest BCUT2D eigenvalue weighted by atomic mass is 10.2. The highest BCUT2D eigenvalue weighted by molar-refractivity contribution is 7.98. The molecular formula is C16H17ClN2O3S2. The molecule has 0 saturated carbocycles. The first-order chi connectivity index (χ1) is 11.4. The summed E-state index contributed by atoms with van der Waals surface area (Å²) in [6, 6.07) is 6.29. The van der Waals surface area contributed by atoms with E-state index in [4.69, 9.17) is 11.6 Å². The minimum atomic E-state index is -1.03. The van der Waals surface area contributed by atoms with E-state index >= 15 is 0 Å². The second-order valence-corrected chi connectivity index (χ2v) is 7.51. The summed E-state index contributed by atoms with van der Waals surface area (Å²) in [7, 11) is 0. The second-order valence-electron chi connectivity index (χ2n) is 5.09. The maximum absolute atomic E-state index is 12.4. The molecule has 1 aromatic carbocycles. The number of amides is 1. The number of thioether (sulfide) groups is 1. The van der Waals surface area contributed by atoms with Gasteiger partial charge in [-0.15, -0.1) is 11.3 Å². The largest absolute Gasteiger partial charge is 0.480 e. The van der Waals surface area contributed by atoms with Gasteiger partial charge in [0.15, 0.2) is 0 Å². The quantitative estimate of drug-likeness (QED) is 0.760. The Kier molecular flexibility index (Phi) is 6.65. The topological polar surface area (TPSA) is 79.3 Å². The lowest BCUT2D eigenvalue weighted by Crippen LogP contribution is -2.41. The molecule has 5 nitrogen and oxygen atoms in total. The summed E-state index contributed by atoms with van der Waals surface area (Å²) in [4.78, 5) is 28.5. The maximum Gasteiger partial charge on any atom is 0.326 e. The van der Waals surface area contributed by atoms with Gasteiger partial charge in [0, 0.05) is 10.6 Å². The summed E-state index contributed by atoms with van der Waals surface area (Å²) in [6.07, 6.45) is 2.27. The number of carbonyl (C=O) groups is 2. The van der Waals surface area contributed by atoms with Gasteiger partial charge in [-0.2, -0.15) is 11.8 Å². The molecular weight excluding hydrogens is 368 g/mol. The van der Waals surface area contributed by atoms with Gasteiger partial charge in [0.2, 0.25) is 0 Å². The number of nitrogens with one attached hydrogen (secondary N) is 1. The summed E-state index contributed by atoms with van der Waals surface area (Å²) in [5.74, 6) is -0.772. The van der Waals surface area contributed by atoms with Crippen molar-refractivity contribution in [2.24, 2.45) is 0 Å². The Hall–Kier alpha value is -1.57. The number of aryl methyl sites for hydroxylation is 1. The number of aliphatic carboxylic acids is 1. The van der Waals surface area contributed by atoms with E-state index in [0.717, 1.165) is 5.56 Å². The number of halogens is 1. The number of carboxylic acid groups (broad SMARTS) is 1. The molecule has 24 heavy (non-hydrogen) atoms. The molecule has 2 N–H and O–H groups in total. The number of thiazole rings is 1. The van der Waals surface area contributed by atoms with Crippen LogP contribution in [-0.4, -0.2) is 40.0 Å². The van der Waals surface area contributed by atoms with Gasteiger partial charge in [-0.05, 0) is 37.5 Å². The normalized spacial score (nSPS) is 12.0. The molecule has 1 aromatic heterocycles. The standard InChI is InChI=1S/C16H17ClN2O3S2/c1-9-13(14(20)19-12(16(21)22)7-8-23-2)24-15(18-9)10-3-5-11(17)6-4-10/h3-6,12H,7-8H2,1-2H3,(H,19,20)(H,21,22). The molecule has 2 aromatic rings. The Morgan fingerprint density at radius 1 is 1.38 bits per heavy atom. The number of benzene rings is 1. The molecule has 1 unspecified atom stereocenters. The van der Waals surface area contributed by atoms with Crippen molar-refractivity contribution in [1.82, 2.24) is 10.3 Å². The van der Waals surface area contributed by atoms with Crippen LogP contribution in [0, 0.1) is 6.92 Å². The number of carboxylic acids is 1. The Morgan fingerprint density at radius 2 is 2.04 bits per heavy atom. The SMILES string of the molecule is CSCCC(NC(=O)c1sc(-c2ccc(Cl)cc2)nc1C)C(=O)O. The van der Waals surface area contributed by atoms with Crippen LogP contribution in [0.4, 0.5) is 0 Å². The van der Waals surface area contributed by atoms with Gasteiger partial charge in [-0.3, -0.25) is 4.79 Å². The zero-order chi connectivity index (χ0) is 17.7. The predicted octanol–water partition coefficient (Wildman–Crippen LogP) is 3.71. The van der Waals surface area contributed by atoms with E-state index in [1.807, 2.05) is 18.4 Å². The van der Waals surface area contributed by atoms with Gasteiger partial charge in [-0.25, -0.2) is 9.78 Å². The lowest BCUT2D eigenvalue weighted by Gasteiger charge is -2.13. The molecule has 1 amide bonds. The van der Waals surface area contributed by atoms with Gasteiger partial charge < -0.3 is 10.4 Å². The minimum Gasteiger partial charge on any atom is -0.480 e. The summed E-state index contributed by atoms with van der Waals surface area (Å²) >= 11 is 8.66. The Labute approximate surface area is 153 Å². The van der Waals surface area contributed by atoms with E-state index in [1.165, 1.54) is 11.3 Å². The van der Waals surface area contributed by atoms with Gasteiger partial charge in [-0.1, -0.05) is 23.7 Å². The number of hydrogen-bond donors (Lipinski definition) is 2. The fraction of sp³-hybridized carbons (Fsp3) is 0.312. The number of carbonyl (C=O) groups excluding carboxylic acids is 1. The molecule has 0 fully saturated rings. The highest BCUT2D eigenvalue weighted by atomic mass is 35.5. The molecule has 1 atom stereocenters. The Morgan fingerprint density at radius 3 is 2.62 bits per heavy atom. The molecule has 0 bridgehead atoms. The summed E-state index contributed by atoms with van der Waals surface area (Å²) < 4.78 is 0. The maximum atomic E-state index is 12.4. The highest BCUT2D eigenvalue weighted by Gasteiger charge is 2.23. The highest BCUT2D eigenvalue weighted by Crippen LogP contribution is 2.28. The summed E-state index contributed by atoms with van der Waals surface area (Å²) in [5.41, 5.74) is 1.44. The average Bonchev–Trinajstić information content (AvgIpc) is 2.93. The number of aromatic nitrogens is 1. The Bertz CT molecular complexity index is 731. The van der Waals surface area contributed by atoms with Crippen LogP contribution in [0.2, 0.25) is 5.02 Å². The van der Waals surface area contributed by atoms with Gasteiger partial charge in [0.05, 0.1) is 5.69 Å². The number of hydrogen-bond acceptors (Lipinski definition) is 5. The van der Waals surface area contributed by atoms with Crippen LogP contribution in [0.15, 0.2) is 24.3 Å². The summed E-state index contributed by atoms with van der Waals surface area (Å²) in [6.45, 7) is 1.74. The number of nitrogens with zero attached hydrogens (tertiary/aromatic N) is 1. The van der Waals surface area contributed by atoms with Crippen LogP contribution in [0.3, 0.4) is 0 Å². The first kappa shape index (κ1) is 18.8.